The minimum absolute atomic E-state index is 0.0690. The number of nitrogens with one attached hydrogen (secondary N) is 2. The van der Waals surface area contributed by atoms with Gasteiger partial charge in [0.1, 0.15) is 0 Å². The van der Waals surface area contributed by atoms with Crippen LogP contribution in [0.3, 0.4) is 0 Å². The molecule has 1 aromatic rings. The Morgan fingerprint density at radius 3 is 2.94 bits per heavy atom. The molecule has 0 aromatic heterocycles. The molecule has 0 saturated heterocycles. The SMILES string of the molecule is CNC(c1ccc2c(c1)NC(=O)CS2)C1(N)CC1. The van der Waals surface area contributed by atoms with Gasteiger partial charge in [-0.1, -0.05) is 6.07 Å². The molecule has 1 fully saturated rings. The molecule has 1 aliphatic heterocycles. The van der Waals surface area contributed by atoms with E-state index >= 15 is 0 Å². The maximum absolute atomic E-state index is 11.4. The summed E-state index contributed by atoms with van der Waals surface area (Å²) in [5, 5.41) is 6.22. The summed E-state index contributed by atoms with van der Waals surface area (Å²) < 4.78 is 0. The van der Waals surface area contributed by atoms with Crippen molar-refractivity contribution in [3.8, 4) is 0 Å². The average molecular weight is 263 g/mol. The van der Waals surface area contributed by atoms with E-state index in [0.717, 1.165) is 29.0 Å². The maximum Gasteiger partial charge on any atom is 0.234 e. The van der Waals surface area contributed by atoms with Crippen molar-refractivity contribution in [2.45, 2.75) is 29.3 Å². The minimum Gasteiger partial charge on any atom is -0.324 e. The summed E-state index contributed by atoms with van der Waals surface area (Å²) >= 11 is 1.58. The lowest BCUT2D eigenvalue weighted by molar-refractivity contribution is -0.113. The fourth-order valence-corrected chi connectivity index (χ4v) is 3.29. The van der Waals surface area contributed by atoms with Crippen LogP contribution in [0.2, 0.25) is 0 Å². The number of amides is 1. The molecule has 1 amide bonds. The van der Waals surface area contributed by atoms with Gasteiger partial charge in [-0.05, 0) is 37.6 Å². The fraction of sp³-hybridized carbons (Fsp3) is 0.462. The first-order valence-corrected chi connectivity index (χ1v) is 7.14. The molecule has 1 saturated carbocycles. The van der Waals surface area contributed by atoms with Gasteiger partial charge in [-0.2, -0.15) is 0 Å². The van der Waals surface area contributed by atoms with Crippen molar-refractivity contribution in [1.82, 2.24) is 5.32 Å². The van der Waals surface area contributed by atoms with Crippen molar-refractivity contribution >= 4 is 23.4 Å². The molecule has 96 valence electrons. The molecule has 0 radical (unpaired) electrons. The number of fused-ring (bicyclic) bond motifs is 1. The third-order valence-corrected chi connectivity index (χ3v) is 4.73. The molecule has 3 rings (SSSR count). The van der Waals surface area contributed by atoms with Crippen LogP contribution in [0.4, 0.5) is 5.69 Å². The summed E-state index contributed by atoms with van der Waals surface area (Å²) in [5.41, 5.74) is 8.23. The minimum atomic E-state index is -0.116. The molecule has 1 aromatic carbocycles. The van der Waals surface area contributed by atoms with E-state index in [-0.39, 0.29) is 17.5 Å². The highest BCUT2D eigenvalue weighted by Gasteiger charge is 2.45. The predicted octanol–water partition coefficient (Wildman–Crippen LogP) is 1.48. The molecule has 4 N–H and O–H groups in total. The zero-order valence-electron chi connectivity index (χ0n) is 10.3. The summed E-state index contributed by atoms with van der Waals surface area (Å²) in [6, 6.07) is 6.39. The second kappa shape index (κ2) is 4.26. The second-order valence-electron chi connectivity index (χ2n) is 5.05. The van der Waals surface area contributed by atoms with Crippen LogP contribution in [0.25, 0.3) is 0 Å². The normalized spacial score (nSPS) is 22.0. The summed E-state index contributed by atoms with van der Waals surface area (Å²) in [5.74, 6) is 0.572. The van der Waals surface area contributed by atoms with E-state index in [2.05, 4.69) is 22.8 Å². The van der Waals surface area contributed by atoms with Crippen LogP contribution in [0, 0.1) is 0 Å². The van der Waals surface area contributed by atoms with Gasteiger partial charge in [0, 0.05) is 10.4 Å². The summed E-state index contributed by atoms with van der Waals surface area (Å²) in [6.07, 6.45) is 2.10. The average Bonchev–Trinajstić information content (AvgIpc) is 3.08. The Balaban J connectivity index is 1.93. The van der Waals surface area contributed by atoms with Crippen molar-refractivity contribution in [3.63, 3.8) is 0 Å². The molecule has 5 heteroatoms. The largest absolute Gasteiger partial charge is 0.324 e. The van der Waals surface area contributed by atoms with Crippen LogP contribution in [-0.2, 0) is 4.79 Å². The van der Waals surface area contributed by atoms with Gasteiger partial charge in [-0.15, -0.1) is 11.8 Å². The third kappa shape index (κ3) is 2.02. The summed E-state index contributed by atoms with van der Waals surface area (Å²) in [6.45, 7) is 0. The molecular formula is C13H17N3OS. The van der Waals surface area contributed by atoms with Gasteiger partial charge in [-0.25, -0.2) is 0 Å². The van der Waals surface area contributed by atoms with Gasteiger partial charge in [-0.3, -0.25) is 4.79 Å². The van der Waals surface area contributed by atoms with E-state index < -0.39 is 0 Å². The van der Waals surface area contributed by atoms with Gasteiger partial charge >= 0.3 is 0 Å². The lowest BCUT2D eigenvalue weighted by Crippen LogP contribution is -2.38. The topological polar surface area (TPSA) is 67.1 Å². The third-order valence-electron chi connectivity index (χ3n) is 3.66. The van der Waals surface area contributed by atoms with Crippen LogP contribution < -0.4 is 16.4 Å². The molecule has 4 nitrogen and oxygen atoms in total. The van der Waals surface area contributed by atoms with Gasteiger partial charge in [0.2, 0.25) is 5.91 Å². The lowest BCUT2D eigenvalue weighted by atomic mass is 9.97. The van der Waals surface area contributed by atoms with Crippen molar-refractivity contribution in [2.24, 2.45) is 5.73 Å². The Hall–Kier alpha value is -1.04. The fourth-order valence-electron chi connectivity index (χ4n) is 2.50. The van der Waals surface area contributed by atoms with Crippen molar-refractivity contribution in [3.05, 3.63) is 23.8 Å². The van der Waals surface area contributed by atoms with Gasteiger partial charge < -0.3 is 16.4 Å². The number of carbonyl (C=O) groups excluding carboxylic acids is 1. The number of carbonyl (C=O) groups is 1. The summed E-state index contributed by atoms with van der Waals surface area (Å²) in [7, 11) is 1.93. The maximum atomic E-state index is 11.4. The first-order valence-electron chi connectivity index (χ1n) is 6.15. The Morgan fingerprint density at radius 1 is 1.50 bits per heavy atom. The summed E-state index contributed by atoms with van der Waals surface area (Å²) in [4.78, 5) is 12.5. The Bertz CT molecular complexity index is 499. The van der Waals surface area contributed by atoms with Gasteiger partial charge in [0.25, 0.3) is 0 Å². The van der Waals surface area contributed by atoms with E-state index in [9.17, 15) is 4.79 Å². The molecule has 0 spiro atoms. The highest BCUT2D eigenvalue weighted by molar-refractivity contribution is 8.00. The van der Waals surface area contributed by atoms with E-state index in [4.69, 9.17) is 5.73 Å². The standard InChI is InChI=1S/C13H17N3OS/c1-15-12(13(14)4-5-13)8-2-3-10-9(6-8)16-11(17)7-18-10/h2-3,6,12,15H,4-5,7,14H2,1H3,(H,16,17). The molecular weight excluding hydrogens is 246 g/mol. The molecule has 0 bridgehead atoms. The number of rotatable bonds is 3. The van der Waals surface area contributed by atoms with Gasteiger partial charge in [0.15, 0.2) is 0 Å². The quantitative estimate of drug-likeness (QED) is 0.773. The second-order valence-corrected chi connectivity index (χ2v) is 6.06. The smallest absolute Gasteiger partial charge is 0.234 e. The van der Waals surface area contributed by atoms with Crippen LogP contribution in [0.1, 0.15) is 24.4 Å². The van der Waals surface area contributed by atoms with E-state index in [1.807, 2.05) is 13.1 Å². The lowest BCUT2D eigenvalue weighted by Gasteiger charge is -2.25. The monoisotopic (exact) mass is 263 g/mol. The molecule has 1 atom stereocenters. The first-order chi connectivity index (χ1) is 8.62. The number of benzene rings is 1. The highest BCUT2D eigenvalue weighted by Crippen LogP contribution is 2.44. The molecule has 1 unspecified atom stereocenters. The van der Waals surface area contributed by atoms with Gasteiger partial charge in [0.05, 0.1) is 17.5 Å². The van der Waals surface area contributed by atoms with Crippen molar-refractivity contribution in [1.29, 1.82) is 0 Å². The zero-order valence-corrected chi connectivity index (χ0v) is 11.1. The highest BCUT2D eigenvalue weighted by atomic mass is 32.2. The van der Waals surface area contributed by atoms with Crippen LogP contribution >= 0.6 is 11.8 Å². The number of anilines is 1. The van der Waals surface area contributed by atoms with E-state index in [0.29, 0.717) is 5.75 Å². The van der Waals surface area contributed by atoms with E-state index in [1.165, 1.54) is 0 Å². The zero-order chi connectivity index (χ0) is 12.8. The van der Waals surface area contributed by atoms with Crippen LogP contribution in [0.15, 0.2) is 23.1 Å². The number of likely N-dealkylation sites (N-methyl/N-ethyl adjacent to an activating group) is 1. The Morgan fingerprint density at radius 2 is 2.28 bits per heavy atom. The molecule has 1 heterocycles. The van der Waals surface area contributed by atoms with Crippen molar-refractivity contribution < 1.29 is 4.79 Å². The molecule has 1 aliphatic carbocycles. The van der Waals surface area contributed by atoms with E-state index in [1.54, 1.807) is 11.8 Å². The number of nitrogens with two attached hydrogens (primary N) is 1. The predicted molar refractivity (Wildman–Crippen MR) is 73.7 cm³/mol. The van der Waals surface area contributed by atoms with Crippen molar-refractivity contribution in [2.75, 3.05) is 18.1 Å². The Labute approximate surface area is 111 Å². The molecule has 2 aliphatic rings. The number of hydrogen-bond donors (Lipinski definition) is 3. The number of thioether (sulfide) groups is 1. The Kier molecular flexibility index (Phi) is 2.84. The molecule has 18 heavy (non-hydrogen) atoms. The number of hydrogen-bond acceptors (Lipinski definition) is 4. The van der Waals surface area contributed by atoms with Crippen LogP contribution in [-0.4, -0.2) is 24.2 Å². The van der Waals surface area contributed by atoms with Crippen LogP contribution in [0.5, 0.6) is 0 Å². The first kappa shape index (κ1) is 12.0.